The zero-order valence-electron chi connectivity index (χ0n) is 14.8. The number of hydrogen-bond acceptors (Lipinski definition) is 4. The minimum Gasteiger partial charge on any atom is -0.320 e. The zero-order valence-corrected chi connectivity index (χ0v) is 16.4. The van der Waals surface area contributed by atoms with Gasteiger partial charge in [0.1, 0.15) is 10.6 Å². The molecule has 0 atom stereocenters. The van der Waals surface area contributed by atoms with Crippen LogP contribution in [0.1, 0.15) is 15.2 Å². The predicted molar refractivity (Wildman–Crippen MR) is 112 cm³/mol. The number of fused-ring (bicyclic) bond motifs is 1. The summed E-state index contributed by atoms with van der Waals surface area (Å²) < 4.78 is 13.7. The normalized spacial score (nSPS) is 10.8. The summed E-state index contributed by atoms with van der Waals surface area (Å²) in [5, 5.41) is 13.3. The summed E-state index contributed by atoms with van der Waals surface area (Å²) in [4.78, 5) is 25.9. The molecule has 0 spiro atoms. The van der Waals surface area contributed by atoms with Gasteiger partial charge in [0.05, 0.1) is 27.4 Å². The highest BCUT2D eigenvalue weighted by Crippen LogP contribution is 2.30. The van der Waals surface area contributed by atoms with Gasteiger partial charge in [-0.2, -0.15) is 5.10 Å². The number of carbonyl (C=O) groups is 2. The van der Waals surface area contributed by atoms with Crippen LogP contribution in [0, 0.1) is 5.82 Å². The number of amides is 2. The minimum absolute atomic E-state index is 0.120. The third-order valence-corrected chi connectivity index (χ3v) is 5.54. The van der Waals surface area contributed by atoms with E-state index in [1.54, 1.807) is 48.5 Å². The first-order valence-electron chi connectivity index (χ1n) is 8.58. The number of para-hydroxylation sites is 1. The fraction of sp³-hybridized carbons (Fsp3) is 0.0500. The van der Waals surface area contributed by atoms with Gasteiger partial charge in [-0.15, -0.1) is 11.3 Å². The lowest BCUT2D eigenvalue weighted by Crippen LogP contribution is -2.15. The van der Waals surface area contributed by atoms with Crippen LogP contribution in [0.15, 0.2) is 54.6 Å². The molecule has 9 heteroatoms. The van der Waals surface area contributed by atoms with Gasteiger partial charge in [0.15, 0.2) is 5.82 Å². The summed E-state index contributed by atoms with van der Waals surface area (Å²) in [5.74, 6) is -0.883. The maximum absolute atomic E-state index is 13.7. The number of anilines is 2. The topological polar surface area (TPSA) is 86.9 Å². The Morgan fingerprint density at radius 3 is 2.66 bits per heavy atom. The van der Waals surface area contributed by atoms with Crippen LogP contribution in [0.5, 0.6) is 0 Å². The van der Waals surface area contributed by atoms with Crippen molar-refractivity contribution in [3.05, 3.63) is 75.9 Å². The molecular weight excluding hydrogens is 415 g/mol. The zero-order chi connectivity index (χ0) is 20.4. The molecule has 0 saturated carbocycles. The predicted octanol–water partition coefficient (Wildman–Crippen LogP) is 4.85. The molecular formula is C20H14ClFN4O2S. The molecule has 0 radical (unpaired) electrons. The SMILES string of the molecule is O=C(Cc1ccccc1F)Nc1n[nH]c2sc(C(=O)Nc3ccccc3Cl)cc12. The third kappa shape index (κ3) is 4.13. The lowest BCUT2D eigenvalue weighted by molar-refractivity contribution is -0.115. The van der Waals surface area contributed by atoms with Crippen molar-refractivity contribution in [1.29, 1.82) is 0 Å². The maximum atomic E-state index is 13.7. The van der Waals surface area contributed by atoms with E-state index in [1.165, 1.54) is 17.4 Å². The summed E-state index contributed by atoms with van der Waals surface area (Å²) in [6.07, 6.45) is -0.120. The summed E-state index contributed by atoms with van der Waals surface area (Å²) in [5.41, 5.74) is 0.801. The van der Waals surface area contributed by atoms with Crippen molar-refractivity contribution in [3.63, 3.8) is 0 Å². The molecule has 4 aromatic rings. The largest absolute Gasteiger partial charge is 0.320 e. The first-order chi connectivity index (χ1) is 14.0. The van der Waals surface area contributed by atoms with Gasteiger partial charge < -0.3 is 10.6 Å². The first-order valence-corrected chi connectivity index (χ1v) is 9.78. The van der Waals surface area contributed by atoms with Crippen molar-refractivity contribution in [3.8, 4) is 0 Å². The number of thiophene rings is 1. The van der Waals surface area contributed by atoms with Gasteiger partial charge in [-0.25, -0.2) is 4.39 Å². The van der Waals surface area contributed by atoms with Crippen molar-refractivity contribution in [2.24, 2.45) is 0 Å². The quantitative estimate of drug-likeness (QED) is 0.424. The molecule has 0 unspecified atom stereocenters. The van der Waals surface area contributed by atoms with Crippen molar-refractivity contribution >= 4 is 56.5 Å². The average molecular weight is 429 g/mol. The maximum Gasteiger partial charge on any atom is 0.265 e. The Morgan fingerprint density at radius 1 is 1.10 bits per heavy atom. The number of nitrogens with one attached hydrogen (secondary N) is 3. The molecule has 0 aliphatic heterocycles. The van der Waals surface area contributed by atoms with Crippen LogP contribution in [0.3, 0.4) is 0 Å². The van der Waals surface area contributed by atoms with Crippen LogP contribution in [0.2, 0.25) is 5.02 Å². The second-order valence-electron chi connectivity index (χ2n) is 6.18. The van der Waals surface area contributed by atoms with Gasteiger partial charge in [0.2, 0.25) is 5.91 Å². The van der Waals surface area contributed by atoms with E-state index in [0.29, 0.717) is 31.4 Å². The number of benzene rings is 2. The summed E-state index contributed by atoms with van der Waals surface area (Å²) in [6.45, 7) is 0. The fourth-order valence-electron chi connectivity index (χ4n) is 2.76. The van der Waals surface area contributed by atoms with Crippen LogP contribution in [0.25, 0.3) is 10.2 Å². The Hall–Kier alpha value is -3.23. The van der Waals surface area contributed by atoms with Crippen molar-refractivity contribution in [2.75, 3.05) is 10.6 Å². The van der Waals surface area contributed by atoms with E-state index in [-0.39, 0.29) is 18.1 Å². The highest BCUT2D eigenvalue weighted by molar-refractivity contribution is 7.20. The van der Waals surface area contributed by atoms with Gasteiger partial charge >= 0.3 is 0 Å². The summed E-state index contributed by atoms with van der Waals surface area (Å²) >= 11 is 7.27. The molecule has 0 bridgehead atoms. The number of hydrogen-bond donors (Lipinski definition) is 3. The Labute approximate surface area is 173 Å². The van der Waals surface area contributed by atoms with Crippen molar-refractivity contribution in [2.45, 2.75) is 6.42 Å². The standard InChI is InChI=1S/C20H14ClFN4O2S/c21-13-6-2-4-8-15(13)23-19(28)16-10-12-18(25-26-20(12)29-16)24-17(27)9-11-5-1-3-7-14(11)22/h1-8,10H,9H2,(H,23,28)(H2,24,25,26,27). The number of H-pyrrole nitrogens is 1. The van der Waals surface area contributed by atoms with Crippen LogP contribution in [-0.2, 0) is 11.2 Å². The highest BCUT2D eigenvalue weighted by atomic mass is 35.5. The summed E-state index contributed by atoms with van der Waals surface area (Å²) in [7, 11) is 0. The number of nitrogens with zero attached hydrogens (tertiary/aromatic N) is 1. The van der Waals surface area contributed by atoms with Crippen LogP contribution < -0.4 is 10.6 Å². The molecule has 146 valence electrons. The lowest BCUT2D eigenvalue weighted by Gasteiger charge is -2.05. The van der Waals surface area contributed by atoms with E-state index < -0.39 is 11.7 Å². The molecule has 0 aliphatic rings. The van der Waals surface area contributed by atoms with E-state index in [9.17, 15) is 14.0 Å². The third-order valence-electron chi connectivity index (χ3n) is 4.17. The number of halogens is 2. The number of rotatable bonds is 5. The van der Waals surface area contributed by atoms with Gasteiger partial charge in [-0.3, -0.25) is 14.7 Å². The Morgan fingerprint density at radius 2 is 1.86 bits per heavy atom. The Kier molecular flexibility index (Phi) is 5.28. The van der Waals surface area contributed by atoms with Crippen LogP contribution >= 0.6 is 22.9 Å². The highest BCUT2D eigenvalue weighted by Gasteiger charge is 2.17. The van der Waals surface area contributed by atoms with E-state index >= 15 is 0 Å². The molecule has 0 saturated heterocycles. The first kappa shape index (κ1) is 19.1. The molecule has 3 N–H and O–H groups in total. The lowest BCUT2D eigenvalue weighted by atomic mass is 10.1. The van der Waals surface area contributed by atoms with Crippen LogP contribution in [0.4, 0.5) is 15.9 Å². The average Bonchev–Trinajstić information content (AvgIpc) is 3.28. The summed E-state index contributed by atoms with van der Waals surface area (Å²) in [6, 6.07) is 14.7. The molecule has 29 heavy (non-hydrogen) atoms. The molecule has 0 aliphatic carbocycles. The minimum atomic E-state index is -0.441. The van der Waals surface area contributed by atoms with Gasteiger partial charge in [0.25, 0.3) is 5.91 Å². The Balaban J connectivity index is 1.50. The fourth-order valence-corrected chi connectivity index (χ4v) is 3.84. The van der Waals surface area contributed by atoms with Crippen LogP contribution in [-0.4, -0.2) is 22.0 Å². The van der Waals surface area contributed by atoms with E-state index in [2.05, 4.69) is 20.8 Å². The van der Waals surface area contributed by atoms with Gasteiger partial charge in [0, 0.05) is 0 Å². The number of carbonyl (C=O) groups excluding carboxylic acids is 2. The number of aromatic nitrogens is 2. The molecule has 2 aromatic heterocycles. The van der Waals surface area contributed by atoms with E-state index in [0.717, 1.165) is 0 Å². The molecule has 2 aromatic carbocycles. The number of aromatic amines is 1. The Bertz CT molecular complexity index is 1220. The van der Waals surface area contributed by atoms with Gasteiger partial charge in [-0.1, -0.05) is 41.9 Å². The van der Waals surface area contributed by atoms with Crippen molar-refractivity contribution in [1.82, 2.24) is 10.2 Å². The molecule has 4 rings (SSSR count). The van der Waals surface area contributed by atoms with Gasteiger partial charge in [-0.05, 0) is 29.8 Å². The molecule has 6 nitrogen and oxygen atoms in total. The molecule has 2 amide bonds. The van der Waals surface area contributed by atoms with E-state index in [4.69, 9.17) is 11.6 Å². The smallest absolute Gasteiger partial charge is 0.265 e. The second kappa shape index (κ2) is 8.02. The molecule has 0 fully saturated rings. The monoisotopic (exact) mass is 428 g/mol. The van der Waals surface area contributed by atoms with E-state index in [1.807, 2.05) is 0 Å². The second-order valence-corrected chi connectivity index (χ2v) is 7.64. The molecule has 2 heterocycles. The van der Waals surface area contributed by atoms with Crippen molar-refractivity contribution < 1.29 is 14.0 Å².